The number of halogens is 1. The van der Waals surface area contributed by atoms with Crippen LogP contribution >= 0.6 is 23.5 Å². The number of rotatable bonds is 1. The molecule has 0 amide bonds. The van der Waals surface area contributed by atoms with Gasteiger partial charge in [-0.3, -0.25) is 0 Å². The molecule has 1 aromatic carbocycles. The average Bonchev–Trinajstić information content (AvgIpc) is 2.62. The first-order chi connectivity index (χ1) is 6.27. The number of anilines is 1. The number of aromatic hydroxyl groups is 1. The minimum Gasteiger partial charge on any atom is -0.506 e. The topological polar surface area (TPSA) is 23.5 Å². The van der Waals surface area contributed by atoms with Gasteiger partial charge in [0.15, 0.2) is 0 Å². The predicted molar refractivity (Wildman–Crippen MR) is 57.5 cm³/mol. The summed E-state index contributed by atoms with van der Waals surface area (Å²) in [5.41, 5.74) is 1.03. The van der Waals surface area contributed by atoms with Crippen LogP contribution in [0.1, 0.15) is 6.42 Å². The van der Waals surface area contributed by atoms with Crippen LogP contribution in [0.2, 0.25) is 5.02 Å². The zero-order valence-corrected chi connectivity index (χ0v) is 11.9. The van der Waals surface area contributed by atoms with Crippen LogP contribution in [0.15, 0.2) is 18.2 Å². The number of phenolic OH excluding ortho intramolecular Hbond substituents is 1. The summed E-state index contributed by atoms with van der Waals surface area (Å²) in [4.78, 5) is 0. The first-order valence-corrected chi connectivity index (χ1v) is 5.48. The van der Waals surface area contributed by atoms with Gasteiger partial charge in [0.05, 0.1) is 10.7 Å². The van der Waals surface area contributed by atoms with Gasteiger partial charge in [-0.1, -0.05) is 11.6 Å². The zero-order valence-electron chi connectivity index (χ0n) is 7.44. The van der Waals surface area contributed by atoms with Crippen molar-refractivity contribution >= 4 is 29.2 Å². The molecule has 1 aliphatic rings. The van der Waals surface area contributed by atoms with Gasteiger partial charge < -0.3 is 9.41 Å². The molecule has 2 nitrogen and oxygen atoms in total. The molecule has 0 aromatic heterocycles. The summed E-state index contributed by atoms with van der Waals surface area (Å²) in [6, 6.07) is 5.37. The second kappa shape index (κ2) is 5.29. The molecule has 0 bridgehead atoms. The summed E-state index contributed by atoms with van der Waals surface area (Å²) in [5, 5.41) is 9.80. The predicted octanol–water partition coefficient (Wildman–Crippen LogP) is 2.90. The van der Waals surface area contributed by atoms with Crippen molar-refractivity contribution in [2.24, 2.45) is 0 Å². The van der Waals surface area contributed by atoms with E-state index >= 15 is 0 Å². The third-order valence-electron chi connectivity index (χ3n) is 1.97. The van der Waals surface area contributed by atoms with E-state index in [1.165, 1.54) is 6.42 Å². The molecule has 0 atom stereocenters. The Balaban J connectivity index is 0.000000980. The van der Waals surface area contributed by atoms with E-state index in [2.05, 4.69) is 4.31 Å². The molecular formula is C9H10ClNOSW. The minimum absolute atomic E-state index is 0. The summed E-state index contributed by atoms with van der Waals surface area (Å²) >= 11 is 7.50. The van der Waals surface area contributed by atoms with Crippen molar-refractivity contribution in [2.45, 2.75) is 6.42 Å². The standard InChI is InChI=1S/C9H10ClNOS.W/c10-8-3-2-7(6-9(8)12)11-4-1-5-13-11;/h2-3,6,12H,1,4-5H2;. The van der Waals surface area contributed by atoms with E-state index in [1.807, 2.05) is 6.07 Å². The zero-order chi connectivity index (χ0) is 9.26. The maximum atomic E-state index is 9.39. The maximum absolute atomic E-state index is 9.39. The summed E-state index contributed by atoms with van der Waals surface area (Å²) in [6.45, 7) is 1.05. The molecule has 0 spiro atoms. The molecule has 0 saturated carbocycles. The van der Waals surface area contributed by atoms with Crippen LogP contribution in [0.4, 0.5) is 5.69 Å². The fourth-order valence-electron chi connectivity index (χ4n) is 1.31. The first kappa shape index (κ1) is 12.2. The summed E-state index contributed by atoms with van der Waals surface area (Å²) in [7, 11) is 0. The van der Waals surface area contributed by atoms with Gasteiger partial charge in [-0.05, 0) is 30.5 Å². The van der Waals surface area contributed by atoms with Crippen molar-refractivity contribution < 1.29 is 26.2 Å². The fourth-order valence-corrected chi connectivity index (χ4v) is 2.42. The first-order valence-electron chi connectivity index (χ1n) is 4.16. The van der Waals surface area contributed by atoms with E-state index in [4.69, 9.17) is 11.6 Å². The smallest absolute Gasteiger partial charge is 0.136 e. The summed E-state index contributed by atoms with van der Waals surface area (Å²) in [6.07, 6.45) is 1.20. The largest absolute Gasteiger partial charge is 0.506 e. The Labute approximate surface area is 107 Å². The van der Waals surface area contributed by atoms with Crippen LogP contribution in [0.5, 0.6) is 5.75 Å². The van der Waals surface area contributed by atoms with Gasteiger partial charge >= 0.3 is 0 Å². The molecule has 2 rings (SSSR count). The van der Waals surface area contributed by atoms with E-state index in [-0.39, 0.29) is 26.8 Å². The van der Waals surface area contributed by atoms with Crippen molar-refractivity contribution in [3.8, 4) is 5.75 Å². The Morgan fingerprint density at radius 2 is 2.21 bits per heavy atom. The molecule has 76 valence electrons. The normalized spacial score (nSPS) is 15.4. The quantitative estimate of drug-likeness (QED) is 0.735. The van der Waals surface area contributed by atoms with E-state index in [0.717, 1.165) is 18.0 Å². The fraction of sp³-hybridized carbons (Fsp3) is 0.333. The van der Waals surface area contributed by atoms with E-state index < -0.39 is 0 Å². The summed E-state index contributed by atoms with van der Waals surface area (Å²) < 4.78 is 2.18. The molecule has 1 saturated heterocycles. The van der Waals surface area contributed by atoms with Crippen molar-refractivity contribution in [2.75, 3.05) is 16.6 Å². The van der Waals surface area contributed by atoms with Gasteiger partial charge in [0.2, 0.25) is 0 Å². The van der Waals surface area contributed by atoms with Gasteiger partial charge in [-0.15, -0.1) is 0 Å². The van der Waals surface area contributed by atoms with Gasteiger partial charge in [0.1, 0.15) is 5.75 Å². The number of hydrogen-bond donors (Lipinski definition) is 1. The second-order valence-corrected chi connectivity index (χ2v) is 4.44. The third-order valence-corrected chi connectivity index (χ3v) is 3.47. The Kier molecular flexibility index (Phi) is 4.62. The Hall–Kier alpha value is 0.148. The van der Waals surface area contributed by atoms with E-state index in [1.54, 1.807) is 24.1 Å². The Morgan fingerprint density at radius 1 is 1.43 bits per heavy atom. The molecule has 1 aliphatic heterocycles. The molecule has 1 aromatic rings. The van der Waals surface area contributed by atoms with Gasteiger partial charge in [0, 0.05) is 39.4 Å². The third kappa shape index (κ3) is 2.59. The number of nitrogens with zero attached hydrogens (tertiary/aromatic N) is 1. The van der Waals surface area contributed by atoms with Crippen molar-refractivity contribution in [3.05, 3.63) is 23.2 Å². The number of benzene rings is 1. The number of phenols is 1. The molecule has 0 radical (unpaired) electrons. The van der Waals surface area contributed by atoms with Gasteiger partial charge in [-0.2, -0.15) is 0 Å². The molecule has 5 heteroatoms. The Morgan fingerprint density at radius 3 is 2.79 bits per heavy atom. The average molecular weight is 400 g/mol. The van der Waals surface area contributed by atoms with Crippen LogP contribution in [0.25, 0.3) is 0 Å². The molecule has 1 fully saturated rings. The van der Waals surface area contributed by atoms with Crippen molar-refractivity contribution in [1.82, 2.24) is 0 Å². The maximum Gasteiger partial charge on any atom is 0.136 e. The van der Waals surface area contributed by atoms with Crippen LogP contribution in [0, 0.1) is 0 Å². The van der Waals surface area contributed by atoms with Crippen molar-refractivity contribution in [3.63, 3.8) is 0 Å². The SMILES string of the molecule is Oc1cc(N2CCCS2)ccc1Cl.[W]. The van der Waals surface area contributed by atoms with Crippen LogP contribution in [0.3, 0.4) is 0 Å². The van der Waals surface area contributed by atoms with Gasteiger partial charge in [0.25, 0.3) is 0 Å². The minimum atomic E-state index is 0. The monoisotopic (exact) mass is 399 g/mol. The van der Waals surface area contributed by atoms with Gasteiger partial charge in [-0.25, -0.2) is 0 Å². The number of hydrogen-bond acceptors (Lipinski definition) is 3. The second-order valence-electron chi connectivity index (χ2n) is 2.92. The molecular weight excluding hydrogens is 389 g/mol. The van der Waals surface area contributed by atoms with Crippen LogP contribution in [-0.4, -0.2) is 17.4 Å². The molecule has 0 unspecified atom stereocenters. The van der Waals surface area contributed by atoms with Crippen LogP contribution in [-0.2, 0) is 21.1 Å². The van der Waals surface area contributed by atoms with Crippen LogP contribution < -0.4 is 4.31 Å². The molecule has 14 heavy (non-hydrogen) atoms. The summed E-state index contributed by atoms with van der Waals surface area (Å²) in [5.74, 6) is 1.32. The Bertz CT molecular complexity index is 318. The van der Waals surface area contributed by atoms with E-state index in [0.29, 0.717) is 5.02 Å². The van der Waals surface area contributed by atoms with Crippen molar-refractivity contribution in [1.29, 1.82) is 0 Å². The molecule has 0 aliphatic carbocycles. The molecule has 1 heterocycles. The van der Waals surface area contributed by atoms with E-state index in [9.17, 15) is 5.11 Å². The molecule has 1 N–H and O–H groups in total.